The van der Waals surface area contributed by atoms with Gasteiger partial charge in [-0.05, 0) is 31.3 Å². The van der Waals surface area contributed by atoms with E-state index in [1.807, 2.05) is 24.3 Å². The third-order valence-corrected chi connectivity index (χ3v) is 2.19. The zero-order chi connectivity index (χ0) is 10.9. The second-order valence-corrected chi connectivity index (χ2v) is 3.47. The minimum absolute atomic E-state index is 0.892. The van der Waals surface area contributed by atoms with Crippen molar-refractivity contribution >= 4 is 5.97 Å². The summed E-state index contributed by atoms with van der Waals surface area (Å²) in [6.45, 7) is 0. The highest BCUT2D eigenvalue weighted by Crippen LogP contribution is 2.12. The van der Waals surface area contributed by atoms with Crippen molar-refractivity contribution in [3.63, 3.8) is 0 Å². The van der Waals surface area contributed by atoms with Crippen LogP contribution in [-0.4, -0.2) is 11.1 Å². The average molecular weight is 204 g/mol. The van der Waals surface area contributed by atoms with Gasteiger partial charge in [0.25, 0.3) is 0 Å². The number of rotatable bonds is 2. The molecule has 15 heavy (non-hydrogen) atoms. The predicted molar refractivity (Wildman–Crippen MR) is 61.6 cm³/mol. The van der Waals surface area contributed by atoms with Gasteiger partial charge in [0.05, 0.1) is 0 Å². The van der Waals surface area contributed by atoms with Gasteiger partial charge in [-0.15, -0.1) is 0 Å². The van der Waals surface area contributed by atoms with Crippen LogP contribution in [0.5, 0.6) is 0 Å². The van der Waals surface area contributed by atoms with Crippen molar-refractivity contribution in [2.24, 2.45) is 0 Å². The van der Waals surface area contributed by atoms with Crippen LogP contribution in [0, 0.1) is 0 Å². The van der Waals surface area contributed by atoms with Gasteiger partial charge >= 0.3 is 5.97 Å². The molecule has 0 aromatic heterocycles. The number of hydrogen-bond acceptors (Lipinski definition) is 1. The van der Waals surface area contributed by atoms with E-state index >= 15 is 0 Å². The lowest BCUT2D eigenvalue weighted by Crippen LogP contribution is -1.88. The van der Waals surface area contributed by atoms with Gasteiger partial charge in [0.1, 0.15) is 0 Å². The lowest BCUT2D eigenvalue weighted by molar-refractivity contribution is -0.131. The molecule has 1 rings (SSSR count). The van der Waals surface area contributed by atoms with Crippen molar-refractivity contribution in [3.05, 3.63) is 48.1 Å². The lowest BCUT2D eigenvalue weighted by Gasteiger charge is -2.01. The molecule has 2 nitrogen and oxygen atoms in total. The fraction of sp³-hybridized carbons (Fsp3) is 0.308. The van der Waals surface area contributed by atoms with Gasteiger partial charge < -0.3 is 5.11 Å². The first-order chi connectivity index (χ1) is 7.29. The maximum Gasteiger partial charge on any atom is 0.328 e. The largest absolute Gasteiger partial charge is 0.478 e. The standard InChI is InChI=1S/C13H16O2/c14-13(15)11-10-12-8-6-4-2-1-3-5-7-9-12/h1-2,4,6,8,10-11H,3,5,7,9H2,(H,14,15)/b2-1-,6-4-,11-10+,12-8+. The molecule has 0 aliphatic heterocycles. The first-order valence-corrected chi connectivity index (χ1v) is 5.22. The van der Waals surface area contributed by atoms with Crippen LogP contribution >= 0.6 is 0 Å². The first-order valence-electron chi connectivity index (χ1n) is 5.22. The predicted octanol–water partition coefficient (Wildman–Crippen LogP) is 3.24. The first kappa shape index (κ1) is 11.5. The molecule has 1 aliphatic carbocycles. The number of carboxylic acids is 1. The summed E-state index contributed by atoms with van der Waals surface area (Å²) in [6.07, 6.45) is 17.2. The molecule has 0 amide bonds. The van der Waals surface area contributed by atoms with Gasteiger partial charge in [0.15, 0.2) is 0 Å². The number of carboxylic acid groups (broad SMARTS) is 1. The molecule has 0 spiro atoms. The van der Waals surface area contributed by atoms with E-state index in [-0.39, 0.29) is 0 Å². The maximum absolute atomic E-state index is 10.4. The van der Waals surface area contributed by atoms with Crippen LogP contribution in [0.25, 0.3) is 0 Å². The van der Waals surface area contributed by atoms with Gasteiger partial charge in [-0.3, -0.25) is 0 Å². The van der Waals surface area contributed by atoms with E-state index in [4.69, 9.17) is 5.11 Å². The van der Waals surface area contributed by atoms with E-state index in [0.29, 0.717) is 0 Å². The molecule has 0 aromatic rings. The highest BCUT2D eigenvalue weighted by Gasteiger charge is 1.95. The summed E-state index contributed by atoms with van der Waals surface area (Å²) < 4.78 is 0. The van der Waals surface area contributed by atoms with E-state index in [1.165, 1.54) is 6.08 Å². The summed E-state index contributed by atoms with van der Waals surface area (Å²) in [6, 6.07) is 0. The summed E-state index contributed by atoms with van der Waals surface area (Å²) >= 11 is 0. The van der Waals surface area contributed by atoms with Crippen molar-refractivity contribution in [1.82, 2.24) is 0 Å². The van der Waals surface area contributed by atoms with Gasteiger partial charge in [-0.1, -0.05) is 36.5 Å². The number of aliphatic carboxylic acids is 1. The van der Waals surface area contributed by atoms with Crippen LogP contribution in [-0.2, 0) is 4.79 Å². The van der Waals surface area contributed by atoms with Crippen molar-refractivity contribution in [2.45, 2.75) is 25.7 Å². The molecule has 0 unspecified atom stereocenters. The Morgan fingerprint density at radius 1 is 1.27 bits per heavy atom. The Hall–Kier alpha value is -1.57. The Bertz CT molecular complexity index is 319. The van der Waals surface area contributed by atoms with E-state index < -0.39 is 5.97 Å². The summed E-state index contributed by atoms with van der Waals surface area (Å²) in [4.78, 5) is 10.4. The highest BCUT2D eigenvalue weighted by atomic mass is 16.4. The topological polar surface area (TPSA) is 37.3 Å². The summed E-state index contributed by atoms with van der Waals surface area (Å²) in [7, 11) is 0. The van der Waals surface area contributed by atoms with Gasteiger partial charge in [0, 0.05) is 6.08 Å². The molecule has 80 valence electrons. The van der Waals surface area contributed by atoms with Crippen molar-refractivity contribution in [2.75, 3.05) is 0 Å². The fourth-order valence-electron chi connectivity index (χ4n) is 1.41. The van der Waals surface area contributed by atoms with Crippen LogP contribution in [0.2, 0.25) is 0 Å². The third kappa shape index (κ3) is 5.68. The molecule has 2 heteroatoms. The molecule has 0 fully saturated rings. The second kappa shape index (κ2) is 6.82. The van der Waals surface area contributed by atoms with Crippen molar-refractivity contribution < 1.29 is 9.90 Å². The third-order valence-electron chi connectivity index (χ3n) is 2.19. The van der Waals surface area contributed by atoms with Gasteiger partial charge in [-0.25, -0.2) is 4.79 Å². The molecule has 0 saturated heterocycles. The van der Waals surface area contributed by atoms with Crippen molar-refractivity contribution in [1.29, 1.82) is 0 Å². The molecule has 0 aromatic carbocycles. The molecule has 0 bridgehead atoms. The van der Waals surface area contributed by atoms with Crippen molar-refractivity contribution in [3.8, 4) is 0 Å². The zero-order valence-corrected chi connectivity index (χ0v) is 8.73. The van der Waals surface area contributed by atoms with Gasteiger partial charge in [-0.2, -0.15) is 0 Å². The Kier molecular flexibility index (Phi) is 5.23. The van der Waals surface area contributed by atoms with Gasteiger partial charge in [0.2, 0.25) is 0 Å². The van der Waals surface area contributed by atoms with E-state index in [1.54, 1.807) is 6.08 Å². The fourth-order valence-corrected chi connectivity index (χ4v) is 1.41. The summed E-state index contributed by atoms with van der Waals surface area (Å²) in [5.41, 5.74) is 1.07. The molecule has 0 heterocycles. The number of carbonyl (C=O) groups is 1. The maximum atomic E-state index is 10.4. The van der Waals surface area contributed by atoms with Crippen LogP contribution in [0.15, 0.2) is 48.1 Å². The smallest absolute Gasteiger partial charge is 0.328 e. The summed E-state index contributed by atoms with van der Waals surface area (Å²) in [5, 5.41) is 8.53. The molecule has 1 aliphatic rings. The molecular weight excluding hydrogens is 188 g/mol. The number of hydrogen-bond donors (Lipinski definition) is 1. The van der Waals surface area contributed by atoms with E-state index in [9.17, 15) is 4.79 Å². The Balaban J connectivity index is 2.66. The molecule has 0 saturated carbocycles. The minimum Gasteiger partial charge on any atom is -0.478 e. The Morgan fingerprint density at radius 2 is 2.13 bits per heavy atom. The van der Waals surface area contributed by atoms with Crippen LogP contribution in [0.3, 0.4) is 0 Å². The molecule has 1 N–H and O–H groups in total. The normalized spacial score (nSPS) is 25.5. The Morgan fingerprint density at radius 3 is 2.93 bits per heavy atom. The SMILES string of the molecule is O=C(O)/C=C/C1=C/C=C\C=C/CCCC1. The van der Waals surface area contributed by atoms with E-state index in [0.717, 1.165) is 31.3 Å². The molecule has 0 atom stereocenters. The minimum atomic E-state index is -0.892. The van der Waals surface area contributed by atoms with Crippen LogP contribution < -0.4 is 0 Å². The van der Waals surface area contributed by atoms with E-state index in [2.05, 4.69) is 6.08 Å². The summed E-state index contributed by atoms with van der Waals surface area (Å²) in [5.74, 6) is -0.892. The average Bonchev–Trinajstić information content (AvgIpc) is 2.23. The molecular formula is C13H16O2. The van der Waals surface area contributed by atoms with Crippen LogP contribution in [0.1, 0.15) is 25.7 Å². The highest BCUT2D eigenvalue weighted by molar-refractivity contribution is 5.80. The number of allylic oxidation sites excluding steroid dienone is 7. The Labute approximate surface area is 90.3 Å². The monoisotopic (exact) mass is 204 g/mol. The lowest BCUT2D eigenvalue weighted by atomic mass is 10.1. The quantitative estimate of drug-likeness (QED) is 0.701. The second-order valence-electron chi connectivity index (χ2n) is 3.47. The van der Waals surface area contributed by atoms with Crippen LogP contribution in [0.4, 0.5) is 0 Å². The zero-order valence-electron chi connectivity index (χ0n) is 8.73. The molecule has 0 radical (unpaired) electrons.